The van der Waals surface area contributed by atoms with E-state index >= 15 is 0 Å². The number of amides is 1. The zero-order chi connectivity index (χ0) is 13.8. The summed E-state index contributed by atoms with van der Waals surface area (Å²) in [5, 5.41) is 6.07. The van der Waals surface area contributed by atoms with Gasteiger partial charge in [-0.3, -0.25) is 9.59 Å². The fourth-order valence-corrected chi connectivity index (χ4v) is 2.77. The Bertz CT molecular complexity index is 479. The minimum atomic E-state index is -0.309. The Labute approximate surface area is 112 Å². The van der Waals surface area contributed by atoms with Crippen LogP contribution in [-0.2, 0) is 0 Å². The molecule has 0 aromatic carbocycles. The van der Waals surface area contributed by atoms with Crippen LogP contribution >= 0.6 is 0 Å². The summed E-state index contributed by atoms with van der Waals surface area (Å²) in [5.41, 5.74) is 5.75. The average molecular weight is 264 g/mol. The third-order valence-electron chi connectivity index (χ3n) is 3.89. The van der Waals surface area contributed by atoms with Gasteiger partial charge < -0.3 is 10.6 Å². The molecular formula is C13H20N4O2. The van der Waals surface area contributed by atoms with Crippen molar-refractivity contribution in [1.82, 2.24) is 15.1 Å². The van der Waals surface area contributed by atoms with E-state index in [1.54, 1.807) is 11.9 Å². The van der Waals surface area contributed by atoms with Gasteiger partial charge in [0.1, 0.15) is 5.69 Å². The Morgan fingerprint density at radius 1 is 1.47 bits per heavy atom. The molecule has 0 aliphatic heterocycles. The lowest BCUT2D eigenvalue weighted by Crippen LogP contribution is -2.46. The predicted octanol–water partition coefficient (Wildman–Crippen LogP) is 0.359. The van der Waals surface area contributed by atoms with Gasteiger partial charge in [-0.1, -0.05) is 12.8 Å². The van der Waals surface area contributed by atoms with Gasteiger partial charge >= 0.3 is 0 Å². The summed E-state index contributed by atoms with van der Waals surface area (Å²) in [6.45, 7) is 0.599. The molecular weight excluding hydrogens is 244 g/mol. The highest BCUT2D eigenvalue weighted by Gasteiger charge is 2.30. The molecule has 3 N–H and O–H groups in total. The van der Waals surface area contributed by atoms with Crippen molar-refractivity contribution in [3.63, 3.8) is 0 Å². The van der Waals surface area contributed by atoms with Gasteiger partial charge in [0.2, 0.25) is 0 Å². The molecule has 2 unspecified atom stereocenters. The van der Waals surface area contributed by atoms with Crippen molar-refractivity contribution in [2.24, 2.45) is 11.7 Å². The number of aromatic nitrogens is 2. The molecule has 1 aliphatic rings. The van der Waals surface area contributed by atoms with Crippen LogP contribution in [0.2, 0.25) is 0 Å². The normalized spacial score (nSPS) is 23.1. The second-order valence-electron chi connectivity index (χ2n) is 5.07. The third kappa shape index (κ3) is 3.01. The van der Waals surface area contributed by atoms with E-state index in [9.17, 15) is 9.59 Å². The van der Waals surface area contributed by atoms with Crippen molar-refractivity contribution in [1.29, 1.82) is 0 Å². The smallest absolute Gasteiger partial charge is 0.274 e. The molecule has 0 bridgehead atoms. The minimum absolute atomic E-state index is 0.165. The third-order valence-corrected chi connectivity index (χ3v) is 3.89. The van der Waals surface area contributed by atoms with Gasteiger partial charge in [-0.25, -0.2) is 5.10 Å². The predicted molar refractivity (Wildman–Crippen MR) is 71.8 cm³/mol. The molecule has 1 saturated carbocycles. The Balaban J connectivity index is 2.13. The first-order valence-corrected chi connectivity index (χ1v) is 6.66. The van der Waals surface area contributed by atoms with Gasteiger partial charge in [-0.15, -0.1) is 0 Å². The molecule has 1 heterocycles. The van der Waals surface area contributed by atoms with Crippen molar-refractivity contribution in [3.05, 3.63) is 28.2 Å². The fourth-order valence-electron chi connectivity index (χ4n) is 2.77. The first-order chi connectivity index (χ1) is 9.13. The van der Waals surface area contributed by atoms with Gasteiger partial charge in [0.05, 0.1) is 0 Å². The average Bonchev–Trinajstić information content (AvgIpc) is 2.46. The first kappa shape index (κ1) is 13.7. The van der Waals surface area contributed by atoms with Crippen LogP contribution in [0.25, 0.3) is 0 Å². The molecule has 0 spiro atoms. The summed E-state index contributed by atoms with van der Waals surface area (Å²) in [4.78, 5) is 25.0. The largest absolute Gasteiger partial charge is 0.337 e. The highest BCUT2D eigenvalue weighted by molar-refractivity contribution is 5.92. The number of carbonyl (C=O) groups is 1. The van der Waals surface area contributed by atoms with Crippen molar-refractivity contribution in [2.75, 3.05) is 13.6 Å². The number of rotatable bonds is 3. The zero-order valence-electron chi connectivity index (χ0n) is 11.1. The molecule has 2 atom stereocenters. The van der Waals surface area contributed by atoms with Crippen LogP contribution in [0.3, 0.4) is 0 Å². The van der Waals surface area contributed by atoms with E-state index in [0.29, 0.717) is 12.5 Å². The van der Waals surface area contributed by atoms with Gasteiger partial charge in [-0.05, 0) is 31.4 Å². The molecule has 1 aliphatic carbocycles. The zero-order valence-corrected chi connectivity index (χ0v) is 11.1. The number of aromatic amines is 1. The summed E-state index contributed by atoms with van der Waals surface area (Å²) >= 11 is 0. The molecule has 0 saturated heterocycles. The molecule has 19 heavy (non-hydrogen) atoms. The van der Waals surface area contributed by atoms with Crippen LogP contribution in [0.15, 0.2) is 16.9 Å². The first-order valence-electron chi connectivity index (χ1n) is 6.66. The van der Waals surface area contributed by atoms with Gasteiger partial charge in [0.15, 0.2) is 0 Å². The molecule has 6 nitrogen and oxygen atoms in total. The van der Waals surface area contributed by atoms with Crippen LogP contribution < -0.4 is 11.3 Å². The lowest BCUT2D eigenvalue weighted by Gasteiger charge is -2.37. The molecule has 104 valence electrons. The van der Waals surface area contributed by atoms with E-state index in [-0.39, 0.29) is 23.2 Å². The lowest BCUT2D eigenvalue weighted by atomic mass is 9.83. The Morgan fingerprint density at radius 2 is 2.21 bits per heavy atom. The highest BCUT2D eigenvalue weighted by Crippen LogP contribution is 2.27. The molecule has 2 rings (SSSR count). The van der Waals surface area contributed by atoms with Gasteiger partial charge in [0.25, 0.3) is 11.5 Å². The van der Waals surface area contributed by atoms with Crippen molar-refractivity contribution in [2.45, 2.75) is 31.7 Å². The van der Waals surface area contributed by atoms with E-state index < -0.39 is 0 Å². The van der Waals surface area contributed by atoms with Crippen molar-refractivity contribution >= 4 is 5.91 Å². The summed E-state index contributed by atoms with van der Waals surface area (Å²) in [7, 11) is 1.79. The maximum absolute atomic E-state index is 12.3. The van der Waals surface area contributed by atoms with Crippen LogP contribution in [0.1, 0.15) is 36.2 Å². The van der Waals surface area contributed by atoms with E-state index in [4.69, 9.17) is 5.73 Å². The standard InChI is InChI=1S/C13H20N4O2/c1-17(11-5-3-2-4-9(11)8-14)13(19)10-6-7-12(18)16-15-10/h6-7,9,11H,2-5,8,14H2,1H3,(H,16,18). The Kier molecular flexibility index (Phi) is 4.31. The minimum Gasteiger partial charge on any atom is -0.337 e. The lowest BCUT2D eigenvalue weighted by molar-refractivity contribution is 0.0613. The number of hydrogen-bond donors (Lipinski definition) is 2. The highest BCUT2D eigenvalue weighted by atomic mass is 16.2. The maximum Gasteiger partial charge on any atom is 0.274 e. The number of nitrogens with two attached hydrogens (primary N) is 1. The molecule has 1 aromatic rings. The number of nitrogens with one attached hydrogen (secondary N) is 1. The number of nitrogens with zero attached hydrogens (tertiary/aromatic N) is 2. The molecule has 6 heteroatoms. The Morgan fingerprint density at radius 3 is 2.84 bits per heavy atom. The summed E-state index contributed by atoms with van der Waals surface area (Å²) in [6, 6.07) is 2.94. The second-order valence-corrected chi connectivity index (χ2v) is 5.07. The van der Waals surface area contributed by atoms with Crippen LogP contribution in [-0.4, -0.2) is 40.6 Å². The molecule has 0 radical (unpaired) electrons. The number of hydrogen-bond acceptors (Lipinski definition) is 4. The number of H-pyrrole nitrogens is 1. The SMILES string of the molecule is CN(C(=O)c1ccc(=O)[nH]n1)C1CCCCC1CN. The topological polar surface area (TPSA) is 92.1 Å². The van der Waals surface area contributed by atoms with Crippen LogP contribution in [0.5, 0.6) is 0 Å². The monoisotopic (exact) mass is 264 g/mol. The van der Waals surface area contributed by atoms with E-state index in [1.165, 1.54) is 18.6 Å². The summed E-state index contributed by atoms with van der Waals surface area (Å²) in [5.74, 6) is 0.187. The van der Waals surface area contributed by atoms with Crippen molar-refractivity contribution in [3.8, 4) is 0 Å². The second kappa shape index (κ2) is 5.97. The molecule has 1 fully saturated rings. The van der Waals surface area contributed by atoms with Gasteiger partial charge in [0, 0.05) is 19.2 Å². The van der Waals surface area contributed by atoms with Crippen LogP contribution in [0, 0.1) is 5.92 Å². The molecule has 1 amide bonds. The Hall–Kier alpha value is -1.69. The molecule has 1 aromatic heterocycles. The maximum atomic E-state index is 12.3. The van der Waals surface area contributed by atoms with Crippen molar-refractivity contribution < 1.29 is 4.79 Å². The quantitative estimate of drug-likeness (QED) is 0.824. The van der Waals surface area contributed by atoms with E-state index in [2.05, 4.69) is 10.2 Å². The van der Waals surface area contributed by atoms with E-state index in [1.807, 2.05) is 0 Å². The number of carbonyl (C=O) groups excluding carboxylic acids is 1. The summed E-state index contributed by atoms with van der Waals surface area (Å²) < 4.78 is 0. The fraction of sp³-hybridized carbons (Fsp3) is 0.615. The van der Waals surface area contributed by atoms with E-state index in [0.717, 1.165) is 19.3 Å². The van der Waals surface area contributed by atoms with Gasteiger partial charge in [-0.2, -0.15) is 5.10 Å². The van der Waals surface area contributed by atoms with Crippen LogP contribution in [0.4, 0.5) is 0 Å². The summed E-state index contributed by atoms with van der Waals surface area (Å²) in [6.07, 6.45) is 4.35.